The summed E-state index contributed by atoms with van der Waals surface area (Å²) in [6.45, 7) is 0. The number of hydrogen-bond acceptors (Lipinski definition) is 1. The lowest BCUT2D eigenvalue weighted by Crippen LogP contribution is -2.29. The van der Waals surface area contributed by atoms with E-state index < -0.39 is 0 Å². The summed E-state index contributed by atoms with van der Waals surface area (Å²) in [7, 11) is 0. The van der Waals surface area contributed by atoms with Crippen LogP contribution in [0.4, 0.5) is 0 Å². The number of benzene rings is 3. The lowest BCUT2D eigenvalue weighted by molar-refractivity contribution is 1.33. The lowest BCUT2D eigenvalue weighted by Gasteiger charge is -2.02. The molecule has 3 aromatic carbocycles. The Labute approximate surface area is 128 Å². The van der Waals surface area contributed by atoms with Crippen LogP contribution in [0.2, 0.25) is 0 Å². The second-order valence-electron chi connectivity index (χ2n) is 5.36. The number of fused-ring (bicyclic) bond motifs is 2. The molecule has 1 aliphatic rings. The second kappa shape index (κ2) is 5.45. The van der Waals surface area contributed by atoms with Crippen LogP contribution in [-0.4, -0.2) is 0 Å². The molecule has 3 aromatic rings. The molecule has 22 heavy (non-hydrogen) atoms. The van der Waals surface area contributed by atoms with Crippen LogP contribution in [0.15, 0.2) is 77.8 Å². The Balaban J connectivity index is 1.96. The second-order valence-corrected chi connectivity index (χ2v) is 5.36. The van der Waals surface area contributed by atoms with Gasteiger partial charge in [-0.3, -0.25) is 4.99 Å². The number of para-hydroxylation sites is 1. The van der Waals surface area contributed by atoms with E-state index in [2.05, 4.69) is 65.7 Å². The van der Waals surface area contributed by atoms with Crippen LogP contribution in [0, 0.1) is 0 Å². The first-order chi connectivity index (χ1) is 10.9. The summed E-state index contributed by atoms with van der Waals surface area (Å²) in [5.41, 5.74) is 2.44. The highest BCUT2D eigenvalue weighted by Gasteiger charge is 1.97. The maximum Gasteiger partial charge on any atom is 0.0702 e. The molecule has 0 atom stereocenters. The minimum atomic E-state index is 1.01. The SMILES string of the molecule is C1=c2ccc(-c3ccccc3)cc2=CN=c2ccccc2=C1. The van der Waals surface area contributed by atoms with Crippen molar-refractivity contribution < 1.29 is 0 Å². The molecule has 1 nitrogen and oxygen atoms in total. The zero-order valence-corrected chi connectivity index (χ0v) is 12.1. The first-order valence-electron chi connectivity index (χ1n) is 7.41. The summed E-state index contributed by atoms with van der Waals surface area (Å²) in [5.74, 6) is 0. The number of hydrogen-bond donors (Lipinski definition) is 0. The molecule has 0 unspecified atom stereocenters. The van der Waals surface area contributed by atoms with Gasteiger partial charge >= 0.3 is 0 Å². The molecule has 0 saturated carbocycles. The molecule has 0 radical (unpaired) electrons. The molecular formula is C21H15N. The van der Waals surface area contributed by atoms with Crippen molar-refractivity contribution in [2.45, 2.75) is 0 Å². The van der Waals surface area contributed by atoms with Gasteiger partial charge in [0.05, 0.1) is 5.36 Å². The highest BCUT2D eigenvalue weighted by atomic mass is 14.7. The van der Waals surface area contributed by atoms with Crippen LogP contribution in [0.5, 0.6) is 0 Å². The Bertz CT molecular complexity index is 1060. The van der Waals surface area contributed by atoms with Crippen molar-refractivity contribution in [1.29, 1.82) is 0 Å². The van der Waals surface area contributed by atoms with Crippen molar-refractivity contribution in [2.75, 3.05) is 0 Å². The van der Waals surface area contributed by atoms with Crippen LogP contribution < -0.4 is 21.0 Å². The fraction of sp³-hybridized carbons (Fsp3) is 0. The van der Waals surface area contributed by atoms with Crippen molar-refractivity contribution in [3.63, 3.8) is 0 Å². The fourth-order valence-electron chi connectivity index (χ4n) is 2.71. The highest BCUT2D eigenvalue weighted by Crippen LogP contribution is 2.15. The van der Waals surface area contributed by atoms with Crippen LogP contribution in [0.1, 0.15) is 0 Å². The fourth-order valence-corrected chi connectivity index (χ4v) is 2.71. The highest BCUT2D eigenvalue weighted by molar-refractivity contribution is 5.66. The monoisotopic (exact) mass is 281 g/mol. The Hall–Kier alpha value is -2.93. The summed E-state index contributed by atoms with van der Waals surface area (Å²) in [6.07, 6.45) is 6.26. The molecule has 0 saturated heterocycles. The Morgan fingerprint density at radius 1 is 0.545 bits per heavy atom. The quantitative estimate of drug-likeness (QED) is 0.647. The molecule has 0 bridgehead atoms. The van der Waals surface area contributed by atoms with E-state index in [-0.39, 0.29) is 0 Å². The van der Waals surface area contributed by atoms with Crippen molar-refractivity contribution in [3.8, 4) is 11.1 Å². The molecule has 0 aromatic heterocycles. The van der Waals surface area contributed by atoms with Gasteiger partial charge in [-0.25, -0.2) is 0 Å². The molecule has 4 rings (SSSR count). The molecule has 0 aliphatic carbocycles. The first kappa shape index (κ1) is 12.8. The third-order valence-electron chi connectivity index (χ3n) is 3.92. The maximum atomic E-state index is 4.65. The normalized spacial score (nSPS) is 12.2. The maximum absolute atomic E-state index is 4.65. The van der Waals surface area contributed by atoms with Crippen LogP contribution in [-0.2, 0) is 0 Å². The van der Waals surface area contributed by atoms with Crippen molar-refractivity contribution in [1.82, 2.24) is 0 Å². The molecular weight excluding hydrogens is 266 g/mol. The van der Waals surface area contributed by atoms with Gasteiger partial charge < -0.3 is 0 Å². The molecule has 1 aliphatic heterocycles. The topological polar surface area (TPSA) is 12.4 Å². The van der Waals surface area contributed by atoms with Gasteiger partial charge in [0.15, 0.2) is 0 Å². The molecule has 1 heteroatoms. The summed E-state index contributed by atoms with van der Waals surface area (Å²) < 4.78 is 0. The van der Waals surface area contributed by atoms with E-state index in [9.17, 15) is 0 Å². The van der Waals surface area contributed by atoms with E-state index >= 15 is 0 Å². The van der Waals surface area contributed by atoms with E-state index in [0.29, 0.717) is 0 Å². The Morgan fingerprint density at radius 2 is 1.32 bits per heavy atom. The molecule has 1 heterocycles. The molecule has 0 N–H and O–H groups in total. The van der Waals surface area contributed by atoms with E-state index in [0.717, 1.165) is 15.8 Å². The average molecular weight is 281 g/mol. The van der Waals surface area contributed by atoms with Gasteiger partial charge in [0.25, 0.3) is 0 Å². The van der Waals surface area contributed by atoms with E-state index in [1.165, 1.54) is 16.3 Å². The predicted molar refractivity (Wildman–Crippen MR) is 91.7 cm³/mol. The van der Waals surface area contributed by atoms with Crippen molar-refractivity contribution >= 4 is 18.4 Å². The Morgan fingerprint density at radius 3 is 2.23 bits per heavy atom. The van der Waals surface area contributed by atoms with Crippen molar-refractivity contribution in [2.24, 2.45) is 4.99 Å². The van der Waals surface area contributed by atoms with Crippen LogP contribution in [0.25, 0.3) is 29.5 Å². The largest absolute Gasteiger partial charge is 0.256 e. The lowest BCUT2D eigenvalue weighted by atomic mass is 10.0. The number of rotatable bonds is 1. The summed E-state index contributed by atoms with van der Waals surface area (Å²) in [4.78, 5) is 4.65. The van der Waals surface area contributed by atoms with Gasteiger partial charge in [-0.1, -0.05) is 72.8 Å². The smallest absolute Gasteiger partial charge is 0.0702 e. The first-order valence-corrected chi connectivity index (χ1v) is 7.41. The van der Waals surface area contributed by atoms with Crippen molar-refractivity contribution in [3.05, 3.63) is 93.8 Å². The van der Waals surface area contributed by atoms with E-state index in [1.54, 1.807) is 0 Å². The summed E-state index contributed by atoms with van der Waals surface area (Å²) >= 11 is 0. The standard InChI is InChI=1S/C21H15N/c1-2-6-16(7-3-1)19-13-11-17-10-12-18-8-4-5-9-21(18)22-15-20(17)14-19/h1-15H. The minimum absolute atomic E-state index is 1.01. The molecule has 0 amide bonds. The number of nitrogens with zero attached hydrogens (tertiary/aromatic N) is 1. The third-order valence-corrected chi connectivity index (χ3v) is 3.92. The van der Waals surface area contributed by atoms with Gasteiger partial charge in [0.2, 0.25) is 0 Å². The van der Waals surface area contributed by atoms with E-state index in [4.69, 9.17) is 0 Å². The minimum Gasteiger partial charge on any atom is -0.256 e. The third kappa shape index (κ3) is 2.38. The van der Waals surface area contributed by atoms with Gasteiger partial charge in [-0.2, -0.15) is 0 Å². The molecule has 0 fully saturated rings. The van der Waals surface area contributed by atoms with Gasteiger partial charge in [0.1, 0.15) is 0 Å². The molecule has 0 spiro atoms. The predicted octanol–water partition coefficient (Wildman–Crippen LogP) is 1.99. The average Bonchev–Trinajstić information content (AvgIpc) is 2.58. The van der Waals surface area contributed by atoms with Gasteiger partial charge in [-0.05, 0) is 28.5 Å². The Kier molecular flexibility index (Phi) is 3.17. The zero-order valence-electron chi connectivity index (χ0n) is 12.1. The van der Waals surface area contributed by atoms with E-state index in [1.807, 2.05) is 30.5 Å². The van der Waals surface area contributed by atoms with Crippen LogP contribution in [0.3, 0.4) is 0 Å². The summed E-state index contributed by atoms with van der Waals surface area (Å²) in [5, 5.41) is 4.50. The van der Waals surface area contributed by atoms with Gasteiger partial charge in [0, 0.05) is 16.6 Å². The zero-order chi connectivity index (χ0) is 14.8. The van der Waals surface area contributed by atoms with Gasteiger partial charge in [-0.15, -0.1) is 0 Å². The molecule has 104 valence electrons. The van der Waals surface area contributed by atoms with Crippen LogP contribution >= 0.6 is 0 Å². The summed E-state index contributed by atoms with van der Waals surface area (Å²) in [6, 6.07) is 25.2.